The molecule has 2 N–H and O–H groups in total. The Kier molecular flexibility index (Phi) is 3.13. The second kappa shape index (κ2) is 4.19. The normalized spacial score (nSPS) is 44.1. The number of hydrogen-bond acceptors (Lipinski definition) is 2. The smallest absolute Gasteiger partial charge is 0.0593 e. The van der Waals surface area contributed by atoms with Crippen LogP contribution in [0.1, 0.15) is 51.9 Å². The number of hydrogen-bond donors (Lipinski definition) is 1. The molecule has 0 spiro atoms. The lowest BCUT2D eigenvalue weighted by molar-refractivity contribution is 0.0586. The molecule has 0 amide bonds. The van der Waals surface area contributed by atoms with Crippen LogP contribution in [0.5, 0.6) is 0 Å². The zero-order valence-electron chi connectivity index (χ0n) is 9.30. The molecule has 0 aromatic rings. The minimum atomic E-state index is 0.0766. The van der Waals surface area contributed by atoms with Gasteiger partial charge < -0.3 is 10.5 Å². The molecule has 2 heteroatoms. The third kappa shape index (κ3) is 2.12. The predicted octanol–water partition coefficient (Wildman–Crippen LogP) is 2.46. The first kappa shape index (κ1) is 10.4. The summed E-state index contributed by atoms with van der Waals surface area (Å²) in [7, 11) is 0. The summed E-state index contributed by atoms with van der Waals surface area (Å²) in [6, 6.07) is 0. The highest BCUT2D eigenvalue weighted by molar-refractivity contribution is 4.94. The monoisotopic (exact) mass is 197 g/mol. The van der Waals surface area contributed by atoms with E-state index in [2.05, 4.69) is 6.92 Å². The SMILES string of the molecule is CC1CCCCC1(N)CC1CCCO1. The lowest BCUT2D eigenvalue weighted by Crippen LogP contribution is -2.50. The number of rotatable bonds is 2. The second-order valence-electron chi connectivity index (χ2n) is 5.22. The van der Waals surface area contributed by atoms with Crippen LogP contribution in [0.2, 0.25) is 0 Å². The Morgan fingerprint density at radius 3 is 2.79 bits per heavy atom. The van der Waals surface area contributed by atoms with Crippen molar-refractivity contribution in [3.05, 3.63) is 0 Å². The summed E-state index contributed by atoms with van der Waals surface area (Å²) in [5.41, 5.74) is 6.58. The lowest BCUT2D eigenvalue weighted by atomic mass is 9.71. The van der Waals surface area contributed by atoms with Crippen LogP contribution in [0, 0.1) is 5.92 Å². The van der Waals surface area contributed by atoms with Crippen molar-refractivity contribution in [2.45, 2.75) is 63.5 Å². The summed E-state index contributed by atoms with van der Waals surface area (Å²) < 4.78 is 5.69. The van der Waals surface area contributed by atoms with Crippen molar-refractivity contribution in [2.24, 2.45) is 11.7 Å². The maximum atomic E-state index is 6.50. The van der Waals surface area contributed by atoms with E-state index in [1.807, 2.05) is 0 Å². The average Bonchev–Trinajstić information content (AvgIpc) is 2.63. The summed E-state index contributed by atoms with van der Waals surface area (Å²) in [4.78, 5) is 0. The van der Waals surface area contributed by atoms with Crippen LogP contribution >= 0.6 is 0 Å². The number of ether oxygens (including phenoxy) is 1. The van der Waals surface area contributed by atoms with Gasteiger partial charge in [-0.25, -0.2) is 0 Å². The van der Waals surface area contributed by atoms with Gasteiger partial charge in [0, 0.05) is 12.1 Å². The Morgan fingerprint density at radius 1 is 1.29 bits per heavy atom. The van der Waals surface area contributed by atoms with Gasteiger partial charge in [0.05, 0.1) is 6.10 Å². The van der Waals surface area contributed by atoms with Crippen molar-refractivity contribution in [1.82, 2.24) is 0 Å². The molecule has 14 heavy (non-hydrogen) atoms. The molecule has 1 aliphatic heterocycles. The largest absolute Gasteiger partial charge is 0.378 e. The summed E-state index contributed by atoms with van der Waals surface area (Å²) >= 11 is 0. The Balaban J connectivity index is 1.92. The molecule has 2 rings (SSSR count). The van der Waals surface area contributed by atoms with E-state index in [-0.39, 0.29) is 5.54 Å². The van der Waals surface area contributed by atoms with Crippen LogP contribution in [-0.4, -0.2) is 18.2 Å². The fraction of sp³-hybridized carbons (Fsp3) is 1.00. The van der Waals surface area contributed by atoms with E-state index >= 15 is 0 Å². The molecule has 82 valence electrons. The van der Waals surface area contributed by atoms with E-state index in [0.29, 0.717) is 12.0 Å². The first-order valence-electron chi connectivity index (χ1n) is 6.11. The molecule has 0 bridgehead atoms. The highest BCUT2D eigenvalue weighted by Crippen LogP contribution is 2.36. The van der Waals surface area contributed by atoms with Gasteiger partial charge >= 0.3 is 0 Å². The van der Waals surface area contributed by atoms with Crippen LogP contribution in [0.25, 0.3) is 0 Å². The van der Waals surface area contributed by atoms with Crippen LogP contribution in [0.3, 0.4) is 0 Å². The zero-order valence-corrected chi connectivity index (χ0v) is 9.30. The highest BCUT2D eigenvalue weighted by Gasteiger charge is 2.37. The second-order valence-corrected chi connectivity index (χ2v) is 5.22. The van der Waals surface area contributed by atoms with E-state index in [0.717, 1.165) is 13.0 Å². The molecule has 0 aromatic carbocycles. The maximum absolute atomic E-state index is 6.50. The van der Waals surface area contributed by atoms with E-state index in [9.17, 15) is 0 Å². The Morgan fingerprint density at radius 2 is 2.14 bits per heavy atom. The Bertz CT molecular complexity index is 189. The van der Waals surface area contributed by atoms with Crippen LogP contribution in [-0.2, 0) is 4.74 Å². The van der Waals surface area contributed by atoms with Crippen molar-refractivity contribution < 1.29 is 4.74 Å². The number of nitrogens with two attached hydrogens (primary N) is 1. The maximum Gasteiger partial charge on any atom is 0.0593 e. The third-order valence-electron chi connectivity index (χ3n) is 4.14. The van der Waals surface area contributed by atoms with E-state index < -0.39 is 0 Å². The molecule has 1 heterocycles. The molecule has 3 unspecified atom stereocenters. The van der Waals surface area contributed by atoms with Crippen molar-refractivity contribution in [2.75, 3.05) is 6.61 Å². The Labute approximate surface area is 87.2 Å². The topological polar surface area (TPSA) is 35.2 Å². The third-order valence-corrected chi connectivity index (χ3v) is 4.14. The van der Waals surface area contributed by atoms with Gasteiger partial charge in [-0.2, -0.15) is 0 Å². The van der Waals surface area contributed by atoms with Gasteiger partial charge in [-0.05, 0) is 38.0 Å². The molecule has 2 nitrogen and oxygen atoms in total. The first-order chi connectivity index (χ1) is 6.71. The molecule has 1 saturated heterocycles. The summed E-state index contributed by atoms with van der Waals surface area (Å²) in [6.45, 7) is 3.27. The molecular weight excluding hydrogens is 174 g/mol. The molecule has 2 fully saturated rings. The molecular formula is C12H23NO. The molecule has 1 saturated carbocycles. The fourth-order valence-electron chi connectivity index (χ4n) is 2.97. The molecule has 1 aliphatic carbocycles. The quantitative estimate of drug-likeness (QED) is 0.738. The lowest BCUT2D eigenvalue weighted by Gasteiger charge is -2.41. The Hall–Kier alpha value is -0.0800. The molecule has 3 atom stereocenters. The first-order valence-corrected chi connectivity index (χ1v) is 6.11. The van der Waals surface area contributed by atoms with Gasteiger partial charge in [-0.1, -0.05) is 19.8 Å². The fourth-order valence-corrected chi connectivity index (χ4v) is 2.97. The zero-order chi connectivity index (χ0) is 10.0. The van der Waals surface area contributed by atoms with E-state index in [1.165, 1.54) is 38.5 Å². The summed E-state index contributed by atoms with van der Waals surface area (Å²) in [5.74, 6) is 0.681. The highest BCUT2D eigenvalue weighted by atomic mass is 16.5. The van der Waals surface area contributed by atoms with Crippen molar-refractivity contribution in [3.8, 4) is 0 Å². The minimum absolute atomic E-state index is 0.0766. The predicted molar refractivity (Wildman–Crippen MR) is 58.1 cm³/mol. The van der Waals surface area contributed by atoms with Gasteiger partial charge in [0.25, 0.3) is 0 Å². The van der Waals surface area contributed by atoms with Crippen molar-refractivity contribution >= 4 is 0 Å². The van der Waals surface area contributed by atoms with Gasteiger partial charge in [0.2, 0.25) is 0 Å². The van der Waals surface area contributed by atoms with Crippen molar-refractivity contribution in [3.63, 3.8) is 0 Å². The van der Waals surface area contributed by atoms with Crippen LogP contribution in [0.4, 0.5) is 0 Å². The van der Waals surface area contributed by atoms with Gasteiger partial charge in [0.15, 0.2) is 0 Å². The van der Waals surface area contributed by atoms with E-state index in [1.54, 1.807) is 0 Å². The average molecular weight is 197 g/mol. The summed E-state index contributed by atoms with van der Waals surface area (Å²) in [6.07, 6.45) is 9.20. The summed E-state index contributed by atoms with van der Waals surface area (Å²) in [5, 5.41) is 0. The van der Waals surface area contributed by atoms with Gasteiger partial charge in [-0.15, -0.1) is 0 Å². The molecule has 0 radical (unpaired) electrons. The minimum Gasteiger partial charge on any atom is -0.378 e. The van der Waals surface area contributed by atoms with Gasteiger partial charge in [-0.3, -0.25) is 0 Å². The van der Waals surface area contributed by atoms with Crippen LogP contribution < -0.4 is 5.73 Å². The van der Waals surface area contributed by atoms with E-state index in [4.69, 9.17) is 10.5 Å². The van der Waals surface area contributed by atoms with Gasteiger partial charge in [0.1, 0.15) is 0 Å². The van der Waals surface area contributed by atoms with Crippen LogP contribution in [0.15, 0.2) is 0 Å². The standard InChI is InChI=1S/C12H23NO/c1-10-5-2-3-7-12(10,13)9-11-6-4-8-14-11/h10-11H,2-9,13H2,1H3. The van der Waals surface area contributed by atoms with Crippen molar-refractivity contribution in [1.29, 1.82) is 0 Å². The molecule has 2 aliphatic rings. The molecule has 0 aromatic heterocycles.